The molecule has 9 heteroatoms. The molecule has 0 aliphatic carbocycles. The first-order valence-corrected chi connectivity index (χ1v) is 12.3. The number of thiophene rings is 1. The van der Waals surface area contributed by atoms with Crippen LogP contribution in [0.4, 0.5) is 0 Å². The van der Waals surface area contributed by atoms with Gasteiger partial charge in [-0.05, 0) is 55.9 Å². The van der Waals surface area contributed by atoms with Crippen LogP contribution < -0.4 is 5.56 Å². The maximum atomic E-state index is 12.8. The Hall–Kier alpha value is -3.01. The minimum atomic E-state index is -0.447. The van der Waals surface area contributed by atoms with Gasteiger partial charge in [-0.15, -0.1) is 11.3 Å². The normalized spacial score (nSPS) is 15.4. The van der Waals surface area contributed by atoms with Crippen LogP contribution in [0.1, 0.15) is 45.5 Å². The van der Waals surface area contributed by atoms with E-state index in [0.29, 0.717) is 45.6 Å². The van der Waals surface area contributed by atoms with Crippen molar-refractivity contribution in [2.75, 3.05) is 33.4 Å². The number of nitrogens with one attached hydrogen (secondary N) is 2. The summed E-state index contributed by atoms with van der Waals surface area (Å²) in [6.07, 6.45) is 2.10. The van der Waals surface area contributed by atoms with E-state index in [4.69, 9.17) is 9.47 Å². The molecule has 4 aromatic rings. The lowest BCUT2D eigenvalue weighted by molar-refractivity contribution is 0.0393. The second kappa shape index (κ2) is 9.69. The van der Waals surface area contributed by atoms with E-state index in [2.05, 4.69) is 50.2 Å². The summed E-state index contributed by atoms with van der Waals surface area (Å²) < 4.78 is 10.2. The van der Waals surface area contributed by atoms with Crippen LogP contribution in [0.15, 0.2) is 35.1 Å². The third-order valence-electron chi connectivity index (χ3n) is 6.51. The molecule has 0 spiro atoms. The Balaban J connectivity index is 1.27. The molecule has 3 aromatic heterocycles. The Bertz CT molecular complexity index is 1350. The van der Waals surface area contributed by atoms with Crippen molar-refractivity contribution in [2.24, 2.45) is 0 Å². The summed E-state index contributed by atoms with van der Waals surface area (Å²) in [4.78, 5) is 39.7. The van der Waals surface area contributed by atoms with Crippen molar-refractivity contribution >= 4 is 38.4 Å². The van der Waals surface area contributed by atoms with E-state index in [1.54, 1.807) is 14.0 Å². The van der Waals surface area contributed by atoms with E-state index < -0.39 is 5.97 Å². The first-order chi connectivity index (χ1) is 16.5. The zero-order valence-corrected chi connectivity index (χ0v) is 20.2. The van der Waals surface area contributed by atoms with E-state index in [9.17, 15) is 9.59 Å². The maximum absolute atomic E-state index is 12.8. The minimum absolute atomic E-state index is 0.173. The van der Waals surface area contributed by atoms with Gasteiger partial charge in [0.25, 0.3) is 5.56 Å². The number of nitrogens with zero attached hydrogens (tertiary/aromatic N) is 2. The second-order valence-electron chi connectivity index (χ2n) is 8.74. The molecule has 0 unspecified atom stereocenters. The number of H-pyrrole nitrogens is 2. The summed E-state index contributed by atoms with van der Waals surface area (Å²) in [6, 6.07) is 10.6. The average molecular weight is 481 g/mol. The maximum Gasteiger partial charge on any atom is 0.348 e. The van der Waals surface area contributed by atoms with Crippen LogP contribution in [0.3, 0.4) is 0 Å². The summed E-state index contributed by atoms with van der Waals surface area (Å²) in [5, 5.41) is 1.72. The third kappa shape index (κ3) is 4.51. The summed E-state index contributed by atoms with van der Waals surface area (Å²) in [7, 11) is 1.55. The third-order valence-corrected chi connectivity index (χ3v) is 7.67. The Morgan fingerprint density at radius 2 is 2.00 bits per heavy atom. The SMILES string of the molecule is COCCOC(=O)c1sc2nc(CN3CCC(c4cc5ccccc5[nH]4)CC3)[nH]c(=O)c2c1C. The molecule has 0 atom stereocenters. The fourth-order valence-corrected chi connectivity index (χ4v) is 5.77. The van der Waals surface area contributed by atoms with Gasteiger partial charge in [0.2, 0.25) is 0 Å². The second-order valence-corrected chi connectivity index (χ2v) is 9.74. The minimum Gasteiger partial charge on any atom is -0.459 e. The van der Waals surface area contributed by atoms with Gasteiger partial charge in [0, 0.05) is 24.2 Å². The number of aryl methyl sites for hydroxylation is 1. The zero-order chi connectivity index (χ0) is 23.7. The van der Waals surface area contributed by atoms with Crippen LogP contribution in [-0.2, 0) is 16.0 Å². The highest BCUT2D eigenvalue weighted by molar-refractivity contribution is 7.20. The quantitative estimate of drug-likeness (QED) is 0.307. The largest absolute Gasteiger partial charge is 0.459 e. The summed E-state index contributed by atoms with van der Waals surface area (Å²) in [5.41, 5.74) is 2.88. The highest BCUT2D eigenvalue weighted by atomic mass is 32.1. The van der Waals surface area contributed by atoms with Gasteiger partial charge in [-0.3, -0.25) is 9.69 Å². The van der Waals surface area contributed by atoms with Crippen molar-refractivity contribution in [1.82, 2.24) is 19.9 Å². The Kier molecular flexibility index (Phi) is 6.49. The molecular weight excluding hydrogens is 452 g/mol. The van der Waals surface area contributed by atoms with Gasteiger partial charge in [-0.2, -0.15) is 0 Å². The van der Waals surface area contributed by atoms with Crippen molar-refractivity contribution in [2.45, 2.75) is 32.2 Å². The smallest absolute Gasteiger partial charge is 0.348 e. The number of benzene rings is 1. The van der Waals surface area contributed by atoms with Crippen LogP contribution in [0, 0.1) is 6.92 Å². The highest BCUT2D eigenvalue weighted by Gasteiger charge is 2.24. The highest BCUT2D eigenvalue weighted by Crippen LogP contribution is 2.31. The monoisotopic (exact) mass is 480 g/mol. The van der Waals surface area contributed by atoms with Gasteiger partial charge in [0.15, 0.2) is 0 Å². The molecule has 1 fully saturated rings. The molecule has 4 heterocycles. The number of ether oxygens (including phenoxy) is 2. The number of esters is 1. The van der Waals surface area contributed by atoms with Crippen LogP contribution in [0.2, 0.25) is 0 Å². The lowest BCUT2D eigenvalue weighted by atomic mass is 9.93. The van der Waals surface area contributed by atoms with Crippen LogP contribution in [0.25, 0.3) is 21.1 Å². The van der Waals surface area contributed by atoms with Gasteiger partial charge in [-0.1, -0.05) is 18.2 Å². The Labute approximate surface area is 200 Å². The lowest BCUT2D eigenvalue weighted by Gasteiger charge is -2.31. The van der Waals surface area contributed by atoms with Gasteiger partial charge in [0.1, 0.15) is 22.1 Å². The molecule has 2 N–H and O–H groups in total. The summed E-state index contributed by atoms with van der Waals surface area (Å²) in [6.45, 7) is 4.71. The predicted molar refractivity (Wildman–Crippen MR) is 133 cm³/mol. The Morgan fingerprint density at radius 1 is 1.21 bits per heavy atom. The first kappa shape index (κ1) is 22.8. The summed E-state index contributed by atoms with van der Waals surface area (Å²) in [5.74, 6) is 0.685. The standard InChI is InChI=1S/C25H28N4O4S/c1-15-21-23(30)27-20(28-24(21)34-22(15)25(31)33-12-11-32-2)14-29-9-7-16(8-10-29)19-13-17-5-3-4-6-18(17)26-19/h3-6,13,16,26H,7-12,14H2,1-2H3,(H,27,28,30). The number of carbonyl (C=O) groups is 1. The number of hydrogen-bond donors (Lipinski definition) is 2. The van der Waals surface area contributed by atoms with Crippen molar-refractivity contribution in [3.8, 4) is 0 Å². The molecule has 8 nitrogen and oxygen atoms in total. The van der Waals surface area contributed by atoms with E-state index in [1.165, 1.54) is 27.9 Å². The molecule has 1 saturated heterocycles. The van der Waals surface area contributed by atoms with Crippen molar-refractivity contribution in [3.05, 3.63) is 62.6 Å². The number of carbonyl (C=O) groups excluding carboxylic acids is 1. The lowest BCUT2D eigenvalue weighted by Crippen LogP contribution is -2.33. The fourth-order valence-electron chi connectivity index (χ4n) is 4.67. The number of hydrogen-bond acceptors (Lipinski definition) is 7. The van der Waals surface area contributed by atoms with Gasteiger partial charge >= 0.3 is 5.97 Å². The molecule has 1 aliphatic heterocycles. The molecule has 1 aliphatic rings. The number of fused-ring (bicyclic) bond motifs is 2. The number of para-hydroxylation sites is 1. The van der Waals surface area contributed by atoms with Gasteiger partial charge in [-0.25, -0.2) is 9.78 Å². The Morgan fingerprint density at radius 3 is 2.76 bits per heavy atom. The van der Waals surface area contributed by atoms with E-state index in [-0.39, 0.29) is 12.2 Å². The number of methoxy groups -OCH3 is 1. The number of rotatable bonds is 7. The molecule has 0 bridgehead atoms. The number of aromatic nitrogens is 3. The van der Waals surface area contributed by atoms with Gasteiger partial charge < -0.3 is 19.4 Å². The van der Waals surface area contributed by atoms with E-state index >= 15 is 0 Å². The molecule has 5 rings (SSSR count). The van der Waals surface area contributed by atoms with Crippen LogP contribution >= 0.6 is 11.3 Å². The van der Waals surface area contributed by atoms with E-state index in [0.717, 1.165) is 25.9 Å². The average Bonchev–Trinajstić information content (AvgIpc) is 3.41. The molecule has 0 amide bonds. The van der Waals surface area contributed by atoms with Crippen molar-refractivity contribution in [1.29, 1.82) is 0 Å². The van der Waals surface area contributed by atoms with Crippen LogP contribution in [-0.4, -0.2) is 59.2 Å². The van der Waals surface area contributed by atoms with Gasteiger partial charge in [0.05, 0.1) is 18.5 Å². The number of aromatic amines is 2. The van der Waals surface area contributed by atoms with E-state index in [1.807, 2.05) is 0 Å². The molecule has 178 valence electrons. The number of piperidine rings is 1. The number of likely N-dealkylation sites (tertiary alicyclic amines) is 1. The molecule has 34 heavy (non-hydrogen) atoms. The fraction of sp³-hybridized carbons (Fsp3) is 0.400. The predicted octanol–water partition coefficient (Wildman–Crippen LogP) is 3.96. The van der Waals surface area contributed by atoms with Crippen molar-refractivity contribution < 1.29 is 14.3 Å². The molecular formula is C25H28N4O4S. The molecule has 1 aromatic carbocycles. The summed E-state index contributed by atoms with van der Waals surface area (Å²) >= 11 is 1.21. The van der Waals surface area contributed by atoms with Crippen LogP contribution in [0.5, 0.6) is 0 Å². The first-order valence-electron chi connectivity index (χ1n) is 11.5. The molecule has 0 radical (unpaired) electrons. The van der Waals surface area contributed by atoms with Crippen molar-refractivity contribution in [3.63, 3.8) is 0 Å². The zero-order valence-electron chi connectivity index (χ0n) is 19.3. The topological polar surface area (TPSA) is 100 Å². The molecule has 0 saturated carbocycles.